The van der Waals surface area contributed by atoms with Crippen molar-refractivity contribution in [2.45, 2.75) is 73.6 Å². The molecule has 24 heavy (non-hydrogen) atoms. The van der Waals surface area contributed by atoms with Crippen molar-refractivity contribution in [3.05, 3.63) is 0 Å². The van der Waals surface area contributed by atoms with E-state index in [1.54, 1.807) is 0 Å². The molecule has 1 aliphatic heterocycles. The maximum Gasteiger partial charge on any atom is 0.176 e. The van der Waals surface area contributed by atoms with Crippen LogP contribution in [0.4, 0.5) is 0 Å². The highest BCUT2D eigenvalue weighted by atomic mass is 16.7. The summed E-state index contributed by atoms with van der Waals surface area (Å²) in [6, 6.07) is -2.64. The van der Waals surface area contributed by atoms with Gasteiger partial charge in [-0.15, -0.1) is 0 Å². The third-order valence-electron chi connectivity index (χ3n) is 4.64. The molecule has 1 heterocycles. The van der Waals surface area contributed by atoms with Gasteiger partial charge in [-0.05, 0) is 6.42 Å². The van der Waals surface area contributed by atoms with Crippen LogP contribution in [0.25, 0.3) is 0 Å². The number of ether oxygens (including phenoxy) is 2. The molecule has 2 rings (SSSR count). The lowest BCUT2D eigenvalue weighted by Crippen LogP contribution is -2.68. The van der Waals surface area contributed by atoms with Gasteiger partial charge in [0.15, 0.2) is 6.29 Å². The second-order valence-corrected chi connectivity index (χ2v) is 6.42. The average molecular weight is 353 g/mol. The third kappa shape index (κ3) is 3.71. The number of aliphatic hydroxyl groups is 6. The highest BCUT2D eigenvalue weighted by molar-refractivity contribution is 5.00. The number of aliphatic hydroxyl groups excluding tert-OH is 6. The predicted molar refractivity (Wildman–Crippen MR) is 79.2 cm³/mol. The summed E-state index contributed by atoms with van der Waals surface area (Å²) < 4.78 is 10.9. The van der Waals surface area contributed by atoms with Crippen LogP contribution in [0, 0.1) is 0 Å². The highest BCUT2D eigenvalue weighted by Crippen LogP contribution is 2.28. The standard InChI is InChI=1S/C13H27N3O8/c14-3-1-4(15)11(9(21)7(3)19)23-13-6(16)8(20)10(22)12(24-13)5(18)2-17/h3-13,17-22H,1-2,14-16H2/t3-,4+,5+,6+,7+,8+,9-,10-,11-,12+,13-/m0/s1. The molecular formula is C13H27N3O8. The van der Waals surface area contributed by atoms with Crippen LogP contribution < -0.4 is 17.2 Å². The lowest BCUT2D eigenvalue weighted by molar-refractivity contribution is -0.303. The molecule has 11 atom stereocenters. The molecule has 1 aliphatic carbocycles. The van der Waals surface area contributed by atoms with Crippen LogP contribution in [0.15, 0.2) is 0 Å². The Morgan fingerprint density at radius 2 is 1.58 bits per heavy atom. The first-order valence-corrected chi connectivity index (χ1v) is 7.77. The minimum absolute atomic E-state index is 0.179. The topological polar surface area (TPSA) is 218 Å². The zero-order valence-corrected chi connectivity index (χ0v) is 13.0. The Hall–Kier alpha value is -0.440. The predicted octanol–water partition coefficient (Wildman–Crippen LogP) is -5.72. The van der Waals surface area contributed by atoms with Crippen LogP contribution in [0.5, 0.6) is 0 Å². The molecule has 1 saturated heterocycles. The molecule has 0 amide bonds. The summed E-state index contributed by atoms with van der Waals surface area (Å²) >= 11 is 0. The van der Waals surface area contributed by atoms with E-state index in [0.717, 1.165) is 0 Å². The van der Waals surface area contributed by atoms with E-state index in [1.165, 1.54) is 0 Å². The summed E-state index contributed by atoms with van der Waals surface area (Å²) in [6.45, 7) is -0.713. The van der Waals surface area contributed by atoms with Crippen molar-refractivity contribution < 1.29 is 40.1 Å². The zero-order chi connectivity index (χ0) is 18.2. The fourth-order valence-electron chi connectivity index (χ4n) is 3.08. The van der Waals surface area contributed by atoms with E-state index in [1.807, 2.05) is 0 Å². The second kappa shape index (κ2) is 7.85. The van der Waals surface area contributed by atoms with Crippen molar-refractivity contribution in [1.82, 2.24) is 0 Å². The van der Waals surface area contributed by atoms with Crippen molar-refractivity contribution in [2.75, 3.05) is 6.61 Å². The molecule has 11 heteroatoms. The lowest BCUT2D eigenvalue weighted by atomic mass is 9.84. The van der Waals surface area contributed by atoms with Gasteiger partial charge < -0.3 is 57.3 Å². The van der Waals surface area contributed by atoms with Crippen LogP contribution in [0.1, 0.15) is 6.42 Å². The molecule has 11 nitrogen and oxygen atoms in total. The minimum atomic E-state index is -1.54. The first kappa shape index (κ1) is 19.9. The van der Waals surface area contributed by atoms with Crippen LogP contribution in [-0.2, 0) is 9.47 Å². The van der Waals surface area contributed by atoms with Gasteiger partial charge in [0, 0.05) is 12.1 Å². The largest absolute Gasteiger partial charge is 0.394 e. The van der Waals surface area contributed by atoms with Crippen molar-refractivity contribution in [2.24, 2.45) is 17.2 Å². The van der Waals surface area contributed by atoms with Crippen LogP contribution in [0.2, 0.25) is 0 Å². The van der Waals surface area contributed by atoms with Gasteiger partial charge in [-0.2, -0.15) is 0 Å². The summed E-state index contributed by atoms with van der Waals surface area (Å²) in [5.41, 5.74) is 17.3. The SMILES string of the molecule is N[C@H]1[C@@H](O[C@@H]2[C@@H](O)[C@H](O)[C@@H](N)C[C@H]2N)O[C@H]([C@H](O)CO)[C@@H](O)[C@@H]1O. The Labute approximate surface area is 138 Å². The van der Waals surface area contributed by atoms with E-state index in [0.29, 0.717) is 0 Å². The third-order valence-corrected chi connectivity index (χ3v) is 4.64. The number of hydrogen-bond acceptors (Lipinski definition) is 11. The van der Waals surface area contributed by atoms with Gasteiger partial charge in [-0.25, -0.2) is 0 Å². The van der Waals surface area contributed by atoms with E-state index in [-0.39, 0.29) is 6.42 Å². The molecule has 2 aliphatic rings. The van der Waals surface area contributed by atoms with E-state index in [2.05, 4.69) is 0 Å². The normalized spacial score (nSPS) is 51.4. The maximum atomic E-state index is 10.1. The number of hydrogen-bond donors (Lipinski definition) is 9. The van der Waals surface area contributed by atoms with Crippen LogP contribution in [0.3, 0.4) is 0 Å². The lowest BCUT2D eigenvalue weighted by Gasteiger charge is -2.46. The summed E-state index contributed by atoms with van der Waals surface area (Å²) in [7, 11) is 0. The molecule has 1 saturated carbocycles. The number of nitrogens with two attached hydrogens (primary N) is 3. The monoisotopic (exact) mass is 353 g/mol. The molecule has 0 aromatic carbocycles. The molecule has 0 radical (unpaired) electrons. The van der Waals surface area contributed by atoms with Crippen LogP contribution >= 0.6 is 0 Å². The Morgan fingerprint density at radius 3 is 2.17 bits per heavy atom. The van der Waals surface area contributed by atoms with Crippen molar-refractivity contribution in [3.8, 4) is 0 Å². The Bertz CT molecular complexity index is 419. The Morgan fingerprint density at radius 1 is 0.958 bits per heavy atom. The van der Waals surface area contributed by atoms with Crippen molar-refractivity contribution >= 4 is 0 Å². The van der Waals surface area contributed by atoms with Gasteiger partial charge >= 0.3 is 0 Å². The van der Waals surface area contributed by atoms with Gasteiger partial charge in [0.1, 0.15) is 36.6 Å². The minimum Gasteiger partial charge on any atom is -0.394 e. The molecule has 0 unspecified atom stereocenters. The van der Waals surface area contributed by atoms with Gasteiger partial charge in [0.2, 0.25) is 0 Å². The fraction of sp³-hybridized carbons (Fsp3) is 1.00. The summed E-state index contributed by atoms with van der Waals surface area (Å²) in [4.78, 5) is 0. The molecule has 0 spiro atoms. The Kier molecular flexibility index (Phi) is 6.50. The summed E-state index contributed by atoms with van der Waals surface area (Å²) in [6.07, 6.45) is -10.7. The smallest absolute Gasteiger partial charge is 0.176 e. The zero-order valence-electron chi connectivity index (χ0n) is 13.0. The molecule has 12 N–H and O–H groups in total. The van der Waals surface area contributed by atoms with Gasteiger partial charge in [-0.1, -0.05) is 0 Å². The van der Waals surface area contributed by atoms with Gasteiger partial charge in [0.25, 0.3) is 0 Å². The molecular weight excluding hydrogens is 326 g/mol. The van der Waals surface area contributed by atoms with Gasteiger partial charge in [0.05, 0.1) is 18.8 Å². The molecule has 0 aromatic heterocycles. The maximum absolute atomic E-state index is 10.1. The van der Waals surface area contributed by atoms with Crippen molar-refractivity contribution in [1.29, 1.82) is 0 Å². The first-order valence-electron chi connectivity index (χ1n) is 7.77. The van der Waals surface area contributed by atoms with E-state index < -0.39 is 73.8 Å². The molecule has 2 fully saturated rings. The molecule has 142 valence electrons. The highest BCUT2D eigenvalue weighted by Gasteiger charge is 2.49. The fourth-order valence-corrected chi connectivity index (χ4v) is 3.08. The summed E-state index contributed by atoms with van der Waals surface area (Å²) in [5, 5.41) is 58.6. The quantitative estimate of drug-likeness (QED) is 0.232. The number of rotatable bonds is 4. The summed E-state index contributed by atoms with van der Waals surface area (Å²) in [5.74, 6) is 0. The first-order chi connectivity index (χ1) is 11.2. The average Bonchev–Trinajstić information content (AvgIpc) is 2.55. The Balaban J connectivity index is 2.12. The van der Waals surface area contributed by atoms with E-state index in [9.17, 15) is 25.5 Å². The van der Waals surface area contributed by atoms with E-state index >= 15 is 0 Å². The second-order valence-electron chi connectivity index (χ2n) is 6.42. The van der Waals surface area contributed by atoms with E-state index in [4.69, 9.17) is 31.8 Å². The van der Waals surface area contributed by atoms with Crippen molar-refractivity contribution in [3.63, 3.8) is 0 Å². The molecule has 0 bridgehead atoms. The van der Waals surface area contributed by atoms with Gasteiger partial charge in [-0.3, -0.25) is 0 Å². The molecule has 0 aromatic rings. The van der Waals surface area contributed by atoms with Crippen LogP contribution in [-0.4, -0.2) is 104 Å².